The zero-order valence-electron chi connectivity index (χ0n) is 9.95. The summed E-state index contributed by atoms with van der Waals surface area (Å²) in [4.78, 5) is 4.28. The Morgan fingerprint density at radius 1 is 1.19 bits per heavy atom. The Morgan fingerprint density at radius 2 is 2.00 bits per heavy atom. The van der Waals surface area contributed by atoms with E-state index >= 15 is 0 Å². The molecule has 2 aromatic rings. The van der Waals surface area contributed by atoms with Crippen LogP contribution in [-0.4, -0.2) is 10.1 Å². The van der Waals surface area contributed by atoms with Crippen LogP contribution < -0.4 is 0 Å². The molecule has 0 aliphatic heterocycles. The highest BCUT2D eigenvalue weighted by Gasteiger charge is 2.14. The number of rotatable bonds is 3. The lowest BCUT2D eigenvalue weighted by Crippen LogP contribution is -1.89. The van der Waals surface area contributed by atoms with Crippen molar-refractivity contribution in [3.05, 3.63) is 35.3 Å². The highest BCUT2D eigenvalue weighted by molar-refractivity contribution is 5.62. The van der Waals surface area contributed by atoms with Crippen LogP contribution in [0, 0.1) is 6.92 Å². The summed E-state index contributed by atoms with van der Waals surface area (Å²) in [6.07, 6.45) is 3.68. The molecular weight excluding hydrogens is 200 g/mol. The third-order valence-electron chi connectivity index (χ3n) is 2.73. The molecule has 2 rings (SSSR count). The first-order valence-electron chi connectivity index (χ1n) is 5.66. The van der Waals surface area contributed by atoms with Crippen molar-refractivity contribution in [3.8, 4) is 11.3 Å². The van der Waals surface area contributed by atoms with E-state index in [9.17, 15) is 0 Å². The molecule has 0 saturated heterocycles. The smallest absolute Gasteiger partial charge is 0.140 e. The van der Waals surface area contributed by atoms with Crippen LogP contribution in [0.25, 0.3) is 11.3 Å². The number of pyridine rings is 1. The molecule has 0 saturated carbocycles. The van der Waals surface area contributed by atoms with Crippen molar-refractivity contribution in [2.75, 3.05) is 0 Å². The molecule has 0 radical (unpaired) electrons. The van der Waals surface area contributed by atoms with Gasteiger partial charge in [-0.25, -0.2) is 0 Å². The summed E-state index contributed by atoms with van der Waals surface area (Å²) in [5, 5.41) is 4.14. The van der Waals surface area contributed by atoms with Gasteiger partial charge >= 0.3 is 0 Å². The molecule has 0 amide bonds. The first kappa shape index (κ1) is 10.9. The van der Waals surface area contributed by atoms with Crippen LogP contribution in [0.4, 0.5) is 0 Å². The Labute approximate surface area is 95.5 Å². The third-order valence-corrected chi connectivity index (χ3v) is 2.73. The Bertz CT molecular complexity index is 471. The minimum atomic E-state index is 0.884. The van der Waals surface area contributed by atoms with Crippen molar-refractivity contribution in [1.82, 2.24) is 10.1 Å². The SMILES string of the molecule is CCc1onc(-c2ccc(C)nc2)c1CC. The lowest BCUT2D eigenvalue weighted by molar-refractivity contribution is 0.387. The molecule has 2 aromatic heterocycles. The zero-order valence-corrected chi connectivity index (χ0v) is 9.95. The summed E-state index contributed by atoms with van der Waals surface area (Å²) in [6, 6.07) is 4.04. The lowest BCUT2D eigenvalue weighted by atomic mass is 10.0. The van der Waals surface area contributed by atoms with E-state index in [4.69, 9.17) is 4.52 Å². The van der Waals surface area contributed by atoms with Crippen molar-refractivity contribution in [3.63, 3.8) is 0 Å². The molecule has 0 aromatic carbocycles. The summed E-state index contributed by atoms with van der Waals surface area (Å²) < 4.78 is 5.34. The van der Waals surface area contributed by atoms with Gasteiger partial charge in [0.05, 0.1) is 0 Å². The highest BCUT2D eigenvalue weighted by atomic mass is 16.5. The molecule has 0 aliphatic rings. The van der Waals surface area contributed by atoms with E-state index in [1.54, 1.807) is 0 Å². The van der Waals surface area contributed by atoms with E-state index in [0.29, 0.717) is 0 Å². The van der Waals surface area contributed by atoms with Crippen LogP contribution in [0.5, 0.6) is 0 Å². The van der Waals surface area contributed by atoms with Crippen molar-refractivity contribution in [1.29, 1.82) is 0 Å². The summed E-state index contributed by atoms with van der Waals surface area (Å²) >= 11 is 0. The first-order chi connectivity index (χ1) is 7.76. The minimum absolute atomic E-state index is 0.884. The van der Waals surface area contributed by atoms with Crippen molar-refractivity contribution in [2.45, 2.75) is 33.6 Å². The van der Waals surface area contributed by atoms with Gasteiger partial charge in [-0.05, 0) is 25.5 Å². The maximum atomic E-state index is 5.34. The van der Waals surface area contributed by atoms with Gasteiger partial charge in [0.1, 0.15) is 11.5 Å². The number of hydrogen-bond donors (Lipinski definition) is 0. The molecule has 2 heterocycles. The number of aromatic nitrogens is 2. The second kappa shape index (κ2) is 4.47. The average Bonchev–Trinajstić information content (AvgIpc) is 2.72. The van der Waals surface area contributed by atoms with E-state index in [1.165, 1.54) is 5.56 Å². The number of hydrogen-bond acceptors (Lipinski definition) is 3. The van der Waals surface area contributed by atoms with Gasteiger partial charge in [-0.1, -0.05) is 19.0 Å². The Morgan fingerprint density at radius 3 is 2.56 bits per heavy atom. The molecule has 0 atom stereocenters. The van der Waals surface area contributed by atoms with Crippen LogP contribution in [0.15, 0.2) is 22.9 Å². The predicted molar refractivity (Wildman–Crippen MR) is 63.2 cm³/mol. The fraction of sp³-hybridized carbons (Fsp3) is 0.385. The van der Waals surface area contributed by atoms with E-state index in [1.807, 2.05) is 25.3 Å². The predicted octanol–water partition coefficient (Wildman–Crippen LogP) is 3.17. The topological polar surface area (TPSA) is 38.9 Å². The molecule has 16 heavy (non-hydrogen) atoms. The van der Waals surface area contributed by atoms with Crippen LogP contribution in [0.1, 0.15) is 30.9 Å². The zero-order chi connectivity index (χ0) is 11.5. The average molecular weight is 216 g/mol. The molecule has 84 valence electrons. The second-order valence-electron chi connectivity index (χ2n) is 3.83. The van der Waals surface area contributed by atoms with Gasteiger partial charge < -0.3 is 4.52 Å². The lowest BCUT2D eigenvalue weighted by Gasteiger charge is -2.00. The molecule has 0 aliphatic carbocycles. The Kier molecular flexibility index (Phi) is 3.04. The van der Waals surface area contributed by atoms with Gasteiger partial charge in [0, 0.05) is 29.4 Å². The standard InChI is InChI=1S/C13H16N2O/c1-4-11-12(5-2)16-15-13(11)10-7-6-9(3)14-8-10/h6-8H,4-5H2,1-3H3. The van der Waals surface area contributed by atoms with E-state index in [-0.39, 0.29) is 0 Å². The van der Waals surface area contributed by atoms with Crippen LogP contribution in [0.3, 0.4) is 0 Å². The molecular formula is C13H16N2O. The largest absolute Gasteiger partial charge is 0.360 e. The quantitative estimate of drug-likeness (QED) is 0.791. The number of aryl methyl sites for hydroxylation is 2. The van der Waals surface area contributed by atoms with Gasteiger partial charge in [-0.3, -0.25) is 4.98 Å². The molecule has 0 unspecified atom stereocenters. The first-order valence-corrected chi connectivity index (χ1v) is 5.66. The normalized spacial score (nSPS) is 10.7. The summed E-state index contributed by atoms with van der Waals surface area (Å²) in [7, 11) is 0. The minimum Gasteiger partial charge on any atom is -0.360 e. The highest BCUT2D eigenvalue weighted by Crippen LogP contribution is 2.25. The molecule has 0 fully saturated rings. The Balaban J connectivity index is 2.47. The third kappa shape index (κ3) is 1.85. The summed E-state index contributed by atoms with van der Waals surface area (Å²) in [5.41, 5.74) is 4.19. The number of nitrogens with zero attached hydrogens (tertiary/aromatic N) is 2. The fourth-order valence-corrected chi connectivity index (χ4v) is 1.82. The van der Waals surface area contributed by atoms with Crippen molar-refractivity contribution < 1.29 is 4.52 Å². The van der Waals surface area contributed by atoms with E-state index < -0.39 is 0 Å². The maximum Gasteiger partial charge on any atom is 0.140 e. The van der Waals surface area contributed by atoms with Gasteiger partial charge in [0.15, 0.2) is 0 Å². The van der Waals surface area contributed by atoms with E-state index in [0.717, 1.165) is 35.6 Å². The van der Waals surface area contributed by atoms with Gasteiger partial charge in [-0.2, -0.15) is 0 Å². The van der Waals surface area contributed by atoms with Crippen molar-refractivity contribution >= 4 is 0 Å². The maximum absolute atomic E-state index is 5.34. The summed E-state index contributed by atoms with van der Waals surface area (Å²) in [5.74, 6) is 0.984. The monoisotopic (exact) mass is 216 g/mol. The van der Waals surface area contributed by atoms with Gasteiger partial charge in [0.25, 0.3) is 0 Å². The van der Waals surface area contributed by atoms with Gasteiger partial charge in [0.2, 0.25) is 0 Å². The Hall–Kier alpha value is -1.64. The molecule has 0 N–H and O–H groups in total. The molecule has 3 heteroatoms. The van der Waals surface area contributed by atoms with E-state index in [2.05, 4.69) is 24.0 Å². The fourth-order valence-electron chi connectivity index (χ4n) is 1.82. The molecule has 3 nitrogen and oxygen atoms in total. The van der Waals surface area contributed by atoms with Crippen molar-refractivity contribution in [2.24, 2.45) is 0 Å². The van der Waals surface area contributed by atoms with Gasteiger partial charge in [-0.15, -0.1) is 0 Å². The summed E-state index contributed by atoms with van der Waals surface area (Å²) in [6.45, 7) is 6.18. The molecule has 0 spiro atoms. The van der Waals surface area contributed by atoms with Crippen LogP contribution >= 0.6 is 0 Å². The van der Waals surface area contributed by atoms with Crippen LogP contribution in [-0.2, 0) is 12.8 Å². The molecule has 0 bridgehead atoms. The van der Waals surface area contributed by atoms with Crippen LogP contribution in [0.2, 0.25) is 0 Å². The second-order valence-corrected chi connectivity index (χ2v) is 3.83.